The highest BCUT2D eigenvalue weighted by Gasteiger charge is 2.28. The van der Waals surface area contributed by atoms with Gasteiger partial charge in [-0.05, 0) is 37.0 Å². The first kappa shape index (κ1) is 11.3. The van der Waals surface area contributed by atoms with Gasteiger partial charge in [-0.1, -0.05) is 17.3 Å². The van der Waals surface area contributed by atoms with Crippen molar-refractivity contribution >= 4 is 5.88 Å². The number of nitrogens with zero attached hydrogens (tertiary/aromatic N) is 1. The van der Waals surface area contributed by atoms with Crippen molar-refractivity contribution in [3.63, 3.8) is 0 Å². The van der Waals surface area contributed by atoms with E-state index >= 15 is 0 Å². The average Bonchev–Trinajstić information content (AvgIpc) is 2.82. The maximum absolute atomic E-state index is 13.0. The van der Waals surface area contributed by atoms with Gasteiger partial charge in [-0.2, -0.15) is 0 Å². The lowest BCUT2D eigenvalue weighted by atomic mass is 9.82. The average molecular weight is 246 g/mol. The topological polar surface area (TPSA) is 38.1 Å². The van der Waals surface area contributed by atoms with Crippen molar-refractivity contribution in [1.29, 1.82) is 0 Å². The third kappa shape index (κ3) is 1.78. The van der Waals surface area contributed by atoms with Gasteiger partial charge in [-0.15, -0.1) is 0 Å². The van der Waals surface area contributed by atoms with Gasteiger partial charge in [0.05, 0.1) is 5.69 Å². The second-order valence-electron chi connectivity index (χ2n) is 4.62. The van der Waals surface area contributed by atoms with Gasteiger partial charge < -0.3 is 9.84 Å². The van der Waals surface area contributed by atoms with Gasteiger partial charge in [0, 0.05) is 18.5 Å². The van der Waals surface area contributed by atoms with Crippen LogP contribution in [0.5, 0.6) is 0 Å². The third-order valence-corrected chi connectivity index (χ3v) is 3.56. The van der Waals surface area contributed by atoms with Crippen LogP contribution in [0.15, 0.2) is 28.8 Å². The zero-order valence-corrected chi connectivity index (χ0v) is 10.2. The molecule has 1 aliphatic carbocycles. The second-order valence-corrected chi connectivity index (χ2v) is 4.62. The molecule has 1 aromatic carbocycles. The minimum Gasteiger partial charge on any atom is -0.357 e. The highest BCUT2D eigenvalue weighted by atomic mass is 19.1. The SMILES string of the molecule is CNc1onc2c1C(c1ccc(F)cc1)CCC2. The van der Waals surface area contributed by atoms with Crippen molar-refractivity contribution in [3.8, 4) is 0 Å². The number of nitrogens with one attached hydrogen (secondary N) is 1. The molecule has 0 radical (unpaired) electrons. The second kappa shape index (κ2) is 4.44. The summed E-state index contributed by atoms with van der Waals surface area (Å²) in [5.74, 6) is 0.788. The standard InChI is InChI=1S/C14H15FN2O/c1-16-14-13-11(3-2-4-12(13)17-18-14)9-5-7-10(15)8-6-9/h5-8,11,16H,2-4H2,1H3. The Kier molecular flexibility index (Phi) is 2.78. The van der Waals surface area contributed by atoms with Gasteiger partial charge in [0.15, 0.2) is 0 Å². The van der Waals surface area contributed by atoms with Crippen LogP contribution in [0, 0.1) is 5.82 Å². The molecule has 4 heteroatoms. The molecule has 0 amide bonds. The zero-order valence-electron chi connectivity index (χ0n) is 10.2. The summed E-state index contributed by atoms with van der Waals surface area (Å²) in [6, 6.07) is 6.72. The van der Waals surface area contributed by atoms with Crippen LogP contribution in [-0.4, -0.2) is 12.2 Å². The first-order valence-corrected chi connectivity index (χ1v) is 6.21. The Morgan fingerprint density at radius 1 is 1.33 bits per heavy atom. The predicted molar refractivity (Wildman–Crippen MR) is 67.2 cm³/mol. The predicted octanol–water partition coefficient (Wildman–Crippen LogP) is 3.32. The molecule has 18 heavy (non-hydrogen) atoms. The lowest BCUT2D eigenvalue weighted by Crippen LogP contribution is -2.11. The van der Waals surface area contributed by atoms with Crippen LogP contribution in [0.25, 0.3) is 0 Å². The van der Waals surface area contributed by atoms with E-state index in [1.807, 2.05) is 19.2 Å². The summed E-state index contributed by atoms with van der Waals surface area (Å²) in [6.45, 7) is 0. The van der Waals surface area contributed by atoms with Crippen LogP contribution in [0.1, 0.15) is 35.6 Å². The molecule has 1 aliphatic rings. The summed E-state index contributed by atoms with van der Waals surface area (Å²) in [6.07, 6.45) is 3.09. The highest BCUT2D eigenvalue weighted by Crippen LogP contribution is 2.40. The molecule has 0 saturated heterocycles. The first-order valence-electron chi connectivity index (χ1n) is 6.21. The van der Waals surface area contributed by atoms with Crippen molar-refractivity contribution in [3.05, 3.63) is 46.9 Å². The number of aryl methyl sites for hydroxylation is 1. The van der Waals surface area contributed by atoms with Crippen LogP contribution in [0.2, 0.25) is 0 Å². The molecule has 3 rings (SSSR count). The summed E-state index contributed by atoms with van der Waals surface area (Å²) < 4.78 is 18.3. The molecule has 0 fully saturated rings. The van der Waals surface area contributed by atoms with E-state index in [0.717, 1.165) is 42.0 Å². The first-order chi connectivity index (χ1) is 8.79. The molecular formula is C14H15FN2O. The van der Waals surface area contributed by atoms with Crippen molar-refractivity contribution in [2.75, 3.05) is 12.4 Å². The fraction of sp³-hybridized carbons (Fsp3) is 0.357. The van der Waals surface area contributed by atoms with Gasteiger partial charge in [0.25, 0.3) is 0 Å². The summed E-state index contributed by atoms with van der Waals surface area (Å²) in [7, 11) is 1.83. The Bertz CT molecular complexity index is 534. The summed E-state index contributed by atoms with van der Waals surface area (Å²) in [5, 5.41) is 7.15. The minimum atomic E-state index is -0.200. The van der Waals surface area contributed by atoms with Crippen molar-refractivity contribution in [2.45, 2.75) is 25.2 Å². The Morgan fingerprint density at radius 2 is 2.11 bits per heavy atom. The van der Waals surface area contributed by atoms with Crippen LogP contribution in [-0.2, 0) is 6.42 Å². The number of fused-ring (bicyclic) bond motifs is 1. The number of halogens is 1. The number of aromatic nitrogens is 1. The smallest absolute Gasteiger partial charge is 0.228 e. The number of hydrogen-bond acceptors (Lipinski definition) is 3. The Morgan fingerprint density at radius 3 is 2.83 bits per heavy atom. The number of anilines is 1. The fourth-order valence-electron chi connectivity index (χ4n) is 2.70. The van der Waals surface area contributed by atoms with Crippen molar-refractivity contribution in [1.82, 2.24) is 5.16 Å². The van der Waals surface area contributed by atoms with Crippen LogP contribution in [0.3, 0.4) is 0 Å². The van der Waals surface area contributed by atoms with Gasteiger partial charge in [0.2, 0.25) is 5.88 Å². The van der Waals surface area contributed by atoms with E-state index in [0.29, 0.717) is 0 Å². The van der Waals surface area contributed by atoms with Crippen LogP contribution in [0.4, 0.5) is 10.3 Å². The van der Waals surface area contributed by atoms with E-state index in [1.165, 1.54) is 12.1 Å². The molecule has 1 aromatic heterocycles. The monoisotopic (exact) mass is 246 g/mol. The van der Waals surface area contributed by atoms with Crippen LogP contribution >= 0.6 is 0 Å². The lowest BCUT2D eigenvalue weighted by Gasteiger charge is -2.22. The molecule has 0 aliphatic heterocycles. The van der Waals surface area contributed by atoms with Gasteiger partial charge in [-0.3, -0.25) is 0 Å². The molecule has 1 N–H and O–H groups in total. The minimum absolute atomic E-state index is 0.200. The van der Waals surface area contributed by atoms with E-state index in [9.17, 15) is 4.39 Å². The molecule has 0 bridgehead atoms. The summed E-state index contributed by atoms with van der Waals surface area (Å²) in [4.78, 5) is 0. The van der Waals surface area contributed by atoms with Crippen LogP contribution < -0.4 is 5.32 Å². The highest BCUT2D eigenvalue weighted by molar-refractivity contribution is 5.50. The zero-order chi connectivity index (χ0) is 12.5. The molecule has 1 atom stereocenters. The molecule has 94 valence electrons. The Labute approximate surface area is 105 Å². The maximum atomic E-state index is 13.0. The third-order valence-electron chi connectivity index (χ3n) is 3.56. The van der Waals surface area contributed by atoms with E-state index in [2.05, 4.69) is 10.5 Å². The van der Waals surface area contributed by atoms with E-state index < -0.39 is 0 Å². The lowest BCUT2D eigenvalue weighted by molar-refractivity contribution is 0.424. The van der Waals surface area contributed by atoms with E-state index in [4.69, 9.17) is 4.52 Å². The summed E-state index contributed by atoms with van der Waals surface area (Å²) in [5.41, 5.74) is 3.28. The maximum Gasteiger partial charge on any atom is 0.228 e. The van der Waals surface area contributed by atoms with Gasteiger partial charge in [-0.25, -0.2) is 4.39 Å². The molecular weight excluding hydrogens is 231 g/mol. The molecule has 2 aromatic rings. The van der Waals surface area contributed by atoms with Gasteiger partial charge >= 0.3 is 0 Å². The Hall–Kier alpha value is -1.84. The molecule has 3 nitrogen and oxygen atoms in total. The van der Waals surface area contributed by atoms with E-state index in [1.54, 1.807) is 0 Å². The Balaban J connectivity index is 2.04. The normalized spacial score (nSPS) is 18.4. The van der Waals surface area contributed by atoms with E-state index in [-0.39, 0.29) is 11.7 Å². The number of hydrogen-bond donors (Lipinski definition) is 1. The van der Waals surface area contributed by atoms with Gasteiger partial charge in [0.1, 0.15) is 5.82 Å². The quantitative estimate of drug-likeness (QED) is 0.883. The molecule has 1 heterocycles. The number of rotatable bonds is 2. The fourth-order valence-corrected chi connectivity index (χ4v) is 2.70. The molecule has 1 unspecified atom stereocenters. The number of benzene rings is 1. The molecule has 0 saturated carbocycles. The largest absolute Gasteiger partial charge is 0.357 e. The van der Waals surface area contributed by atoms with Crippen molar-refractivity contribution < 1.29 is 8.91 Å². The van der Waals surface area contributed by atoms with Crippen molar-refractivity contribution in [2.24, 2.45) is 0 Å². The summed E-state index contributed by atoms with van der Waals surface area (Å²) >= 11 is 0. The molecule has 0 spiro atoms.